The summed E-state index contributed by atoms with van der Waals surface area (Å²) in [6, 6.07) is 7.47. The third-order valence-electron chi connectivity index (χ3n) is 2.08. The van der Waals surface area contributed by atoms with Crippen LogP contribution in [0.4, 0.5) is 0 Å². The van der Waals surface area contributed by atoms with Crippen LogP contribution in [0.5, 0.6) is 5.75 Å². The molecule has 5 heteroatoms. The van der Waals surface area contributed by atoms with Crippen molar-refractivity contribution in [2.24, 2.45) is 5.73 Å². The van der Waals surface area contributed by atoms with Gasteiger partial charge in [0.1, 0.15) is 5.75 Å². The smallest absolute Gasteiger partial charge is 0.309 e. The van der Waals surface area contributed by atoms with Gasteiger partial charge in [-0.05, 0) is 24.1 Å². The molecule has 1 rings (SSSR count). The van der Waals surface area contributed by atoms with Crippen LogP contribution in [0.15, 0.2) is 24.3 Å². The summed E-state index contributed by atoms with van der Waals surface area (Å²) in [6.07, 6.45) is 0.642. The summed E-state index contributed by atoms with van der Waals surface area (Å²) in [4.78, 5) is 21.2. The average molecular weight is 222 g/mol. The molecule has 0 fully saturated rings. The molecule has 0 aliphatic rings. The van der Waals surface area contributed by atoms with Crippen LogP contribution in [0.25, 0.3) is 0 Å². The average Bonchev–Trinajstić information content (AvgIpc) is 2.29. The number of hydrogen-bond acceptors (Lipinski definition) is 3. The van der Waals surface area contributed by atoms with E-state index in [4.69, 9.17) is 10.5 Å². The Morgan fingerprint density at radius 1 is 1.31 bits per heavy atom. The van der Waals surface area contributed by atoms with Gasteiger partial charge in [0.25, 0.3) is 0 Å². The van der Waals surface area contributed by atoms with Crippen molar-refractivity contribution in [1.29, 1.82) is 0 Å². The van der Waals surface area contributed by atoms with Crippen molar-refractivity contribution >= 4 is 11.8 Å². The summed E-state index contributed by atoms with van der Waals surface area (Å²) in [7, 11) is 1.60. The molecule has 0 bridgehead atoms. The SMILES string of the molecule is COc1ccc(CCNC(=O)C(N)=O)cc1. The Balaban J connectivity index is 2.37. The maximum Gasteiger partial charge on any atom is 0.309 e. The second-order valence-corrected chi connectivity index (χ2v) is 3.22. The second-order valence-electron chi connectivity index (χ2n) is 3.22. The highest BCUT2D eigenvalue weighted by Crippen LogP contribution is 2.11. The van der Waals surface area contributed by atoms with E-state index in [2.05, 4.69) is 5.32 Å². The van der Waals surface area contributed by atoms with Crippen LogP contribution < -0.4 is 15.8 Å². The van der Waals surface area contributed by atoms with E-state index in [0.717, 1.165) is 11.3 Å². The molecule has 0 spiro atoms. The van der Waals surface area contributed by atoms with Gasteiger partial charge in [-0.1, -0.05) is 12.1 Å². The third-order valence-corrected chi connectivity index (χ3v) is 2.08. The van der Waals surface area contributed by atoms with Gasteiger partial charge in [-0.2, -0.15) is 0 Å². The minimum absolute atomic E-state index is 0.383. The summed E-state index contributed by atoms with van der Waals surface area (Å²) >= 11 is 0. The van der Waals surface area contributed by atoms with Gasteiger partial charge in [-0.25, -0.2) is 0 Å². The summed E-state index contributed by atoms with van der Waals surface area (Å²) in [5.74, 6) is -0.937. The van der Waals surface area contributed by atoms with Crippen LogP contribution >= 0.6 is 0 Å². The molecule has 0 radical (unpaired) electrons. The monoisotopic (exact) mass is 222 g/mol. The van der Waals surface area contributed by atoms with Gasteiger partial charge in [0.15, 0.2) is 0 Å². The minimum Gasteiger partial charge on any atom is -0.497 e. The van der Waals surface area contributed by atoms with E-state index < -0.39 is 11.8 Å². The molecule has 3 N–H and O–H groups in total. The molecule has 0 aliphatic carbocycles. The van der Waals surface area contributed by atoms with Gasteiger partial charge in [-0.15, -0.1) is 0 Å². The number of nitrogens with two attached hydrogens (primary N) is 1. The van der Waals surface area contributed by atoms with E-state index in [9.17, 15) is 9.59 Å². The zero-order valence-corrected chi connectivity index (χ0v) is 9.03. The van der Waals surface area contributed by atoms with Crippen molar-refractivity contribution in [3.8, 4) is 5.75 Å². The highest BCUT2D eigenvalue weighted by Gasteiger charge is 2.06. The van der Waals surface area contributed by atoms with E-state index in [0.29, 0.717) is 13.0 Å². The molecule has 1 aromatic rings. The minimum atomic E-state index is -0.963. The summed E-state index contributed by atoms with van der Waals surface area (Å²) in [5.41, 5.74) is 5.83. The Bertz CT molecular complexity index is 373. The summed E-state index contributed by atoms with van der Waals surface area (Å²) in [6.45, 7) is 0.383. The van der Waals surface area contributed by atoms with Crippen LogP contribution in [-0.2, 0) is 16.0 Å². The topological polar surface area (TPSA) is 81.4 Å². The lowest BCUT2D eigenvalue weighted by atomic mass is 10.1. The Labute approximate surface area is 93.6 Å². The van der Waals surface area contributed by atoms with Gasteiger partial charge in [0.05, 0.1) is 7.11 Å². The standard InChI is InChI=1S/C11H14N2O3/c1-16-9-4-2-8(3-5-9)6-7-13-11(15)10(12)14/h2-5H,6-7H2,1H3,(H2,12,14)(H,13,15). The highest BCUT2D eigenvalue weighted by molar-refractivity contribution is 6.34. The first-order valence-corrected chi connectivity index (χ1v) is 4.84. The van der Waals surface area contributed by atoms with Crippen molar-refractivity contribution in [2.45, 2.75) is 6.42 Å². The van der Waals surface area contributed by atoms with Crippen LogP contribution in [0.1, 0.15) is 5.56 Å². The number of carbonyl (C=O) groups is 2. The molecule has 16 heavy (non-hydrogen) atoms. The van der Waals surface area contributed by atoms with Crippen LogP contribution in [-0.4, -0.2) is 25.5 Å². The maximum atomic E-state index is 10.8. The number of hydrogen-bond donors (Lipinski definition) is 2. The maximum absolute atomic E-state index is 10.8. The van der Waals surface area contributed by atoms with Gasteiger partial charge < -0.3 is 15.8 Å². The summed E-state index contributed by atoms with van der Waals surface area (Å²) < 4.78 is 5.01. The molecule has 0 unspecified atom stereocenters. The predicted octanol–water partition coefficient (Wildman–Crippen LogP) is -0.161. The quantitative estimate of drug-likeness (QED) is 0.694. The molecule has 0 heterocycles. The lowest BCUT2D eigenvalue weighted by Crippen LogP contribution is -2.37. The zero-order valence-electron chi connectivity index (χ0n) is 9.03. The van der Waals surface area contributed by atoms with Crippen molar-refractivity contribution in [1.82, 2.24) is 5.32 Å². The number of carbonyl (C=O) groups excluding carboxylic acids is 2. The Kier molecular flexibility index (Phi) is 4.32. The molecule has 0 aromatic heterocycles. The van der Waals surface area contributed by atoms with E-state index in [-0.39, 0.29) is 0 Å². The van der Waals surface area contributed by atoms with E-state index in [1.807, 2.05) is 24.3 Å². The Morgan fingerprint density at radius 3 is 2.44 bits per heavy atom. The fourth-order valence-corrected chi connectivity index (χ4v) is 1.20. The Hall–Kier alpha value is -2.04. The van der Waals surface area contributed by atoms with Crippen molar-refractivity contribution < 1.29 is 14.3 Å². The van der Waals surface area contributed by atoms with Crippen molar-refractivity contribution in [3.05, 3.63) is 29.8 Å². The number of benzene rings is 1. The predicted molar refractivity (Wildman–Crippen MR) is 58.9 cm³/mol. The number of rotatable bonds is 4. The van der Waals surface area contributed by atoms with Gasteiger partial charge in [0, 0.05) is 6.54 Å². The molecule has 2 amide bonds. The second kappa shape index (κ2) is 5.75. The first-order chi connectivity index (χ1) is 7.63. The molecule has 0 saturated heterocycles. The molecule has 5 nitrogen and oxygen atoms in total. The number of ether oxygens (including phenoxy) is 1. The third kappa shape index (κ3) is 3.61. The first kappa shape index (κ1) is 12.0. The molecule has 86 valence electrons. The number of amides is 2. The lowest BCUT2D eigenvalue weighted by molar-refractivity contribution is -0.137. The van der Waals surface area contributed by atoms with Gasteiger partial charge in [-0.3, -0.25) is 9.59 Å². The Morgan fingerprint density at radius 2 is 1.94 bits per heavy atom. The number of primary amides is 1. The van der Waals surface area contributed by atoms with E-state index in [1.54, 1.807) is 7.11 Å². The van der Waals surface area contributed by atoms with Crippen LogP contribution in [0.2, 0.25) is 0 Å². The number of nitrogens with one attached hydrogen (secondary N) is 1. The molecular formula is C11H14N2O3. The first-order valence-electron chi connectivity index (χ1n) is 4.84. The fourth-order valence-electron chi connectivity index (χ4n) is 1.20. The van der Waals surface area contributed by atoms with Gasteiger partial charge >= 0.3 is 11.8 Å². The van der Waals surface area contributed by atoms with E-state index >= 15 is 0 Å². The van der Waals surface area contributed by atoms with Crippen LogP contribution in [0, 0.1) is 0 Å². The van der Waals surface area contributed by atoms with Crippen LogP contribution in [0.3, 0.4) is 0 Å². The fraction of sp³-hybridized carbons (Fsp3) is 0.273. The molecule has 0 saturated carbocycles. The number of methoxy groups -OCH3 is 1. The molecule has 1 aromatic carbocycles. The van der Waals surface area contributed by atoms with Gasteiger partial charge in [0.2, 0.25) is 0 Å². The molecular weight excluding hydrogens is 208 g/mol. The van der Waals surface area contributed by atoms with Crippen molar-refractivity contribution in [2.75, 3.05) is 13.7 Å². The zero-order chi connectivity index (χ0) is 12.0. The van der Waals surface area contributed by atoms with E-state index in [1.165, 1.54) is 0 Å². The summed E-state index contributed by atoms with van der Waals surface area (Å²) in [5, 5.41) is 2.41. The lowest BCUT2D eigenvalue weighted by Gasteiger charge is -2.04. The largest absolute Gasteiger partial charge is 0.497 e. The molecule has 0 atom stereocenters. The molecule has 0 aliphatic heterocycles. The normalized spacial score (nSPS) is 9.56. The van der Waals surface area contributed by atoms with Crippen molar-refractivity contribution in [3.63, 3.8) is 0 Å². The highest BCUT2D eigenvalue weighted by atomic mass is 16.5.